The molecule has 0 fully saturated rings. The van der Waals surface area contributed by atoms with Crippen molar-refractivity contribution in [2.75, 3.05) is 12.4 Å². The van der Waals surface area contributed by atoms with Gasteiger partial charge in [0.1, 0.15) is 17.3 Å². The van der Waals surface area contributed by atoms with Gasteiger partial charge in [-0.05, 0) is 60.8 Å². The fraction of sp³-hybridized carbons (Fsp3) is 0.0476. The zero-order valence-electron chi connectivity index (χ0n) is 15.2. The molecule has 5 nitrogen and oxygen atoms in total. The maximum Gasteiger partial charge on any atom is 0.250 e. The molecule has 8 heteroatoms. The summed E-state index contributed by atoms with van der Waals surface area (Å²) in [6.07, 6.45) is 2.86. The van der Waals surface area contributed by atoms with Gasteiger partial charge in [0.05, 0.1) is 12.8 Å². The Hall–Kier alpha value is -2.80. The van der Waals surface area contributed by atoms with E-state index in [9.17, 15) is 4.79 Å². The minimum absolute atomic E-state index is 0.151. The quantitative estimate of drug-likeness (QED) is 0.383. The lowest BCUT2D eigenvalue weighted by atomic mass is 10.2. The zero-order valence-corrected chi connectivity index (χ0v) is 17.6. The lowest BCUT2D eigenvalue weighted by molar-refractivity contribution is -0.115. The molecule has 1 amide bonds. The van der Waals surface area contributed by atoms with Gasteiger partial charge in [-0.15, -0.1) is 0 Å². The summed E-state index contributed by atoms with van der Waals surface area (Å²) < 4.78 is 10.9. The van der Waals surface area contributed by atoms with E-state index in [2.05, 4.69) is 10.6 Å². The van der Waals surface area contributed by atoms with Crippen LogP contribution < -0.4 is 15.4 Å². The topological polar surface area (TPSA) is 63.5 Å². The summed E-state index contributed by atoms with van der Waals surface area (Å²) in [4.78, 5) is 12.1. The van der Waals surface area contributed by atoms with Crippen molar-refractivity contribution in [3.63, 3.8) is 0 Å². The van der Waals surface area contributed by atoms with Crippen LogP contribution in [0.15, 0.2) is 65.1 Å². The van der Waals surface area contributed by atoms with Crippen molar-refractivity contribution in [2.45, 2.75) is 0 Å². The maximum absolute atomic E-state index is 12.1. The number of ether oxygens (including phenoxy) is 1. The number of rotatable bonds is 5. The van der Waals surface area contributed by atoms with Crippen LogP contribution in [0.25, 0.3) is 17.4 Å². The van der Waals surface area contributed by atoms with Crippen LogP contribution >= 0.6 is 35.4 Å². The molecule has 0 spiro atoms. The van der Waals surface area contributed by atoms with Gasteiger partial charge in [0.2, 0.25) is 5.91 Å². The third-order valence-corrected chi connectivity index (χ3v) is 4.41. The van der Waals surface area contributed by atoms with Crippen LogP contribution in [-0.2, 0) is 4.79 Å². The Morgan fingerprint density at radius 1 is 1.10 bits per heavy atom. The predicted octanol–water partition coefficient (Wildman–Crippen LogP) is 5.79. The van der Waals surface area contributed by atoms with E-state index in [1.807, 2.05) is 12.1 Å². The largest absolute Gasteiger partial charge is 0.495 e. The molecular weight excluding hydrogens is 431 g/mol. The Morgan fingerprint density at radius 3 is 2.55 bits per heavy atom. The molecule has 29 heavy (non-hydrogen) atoms. The summed E-state index contributed by atoms with van der Waals surface area (Å²) >= 11 is 17.2. The van der Waals surface area contributed by atoms with E-state index in [0.29, 0.717) is 33.0 Å². The first-order valence-corrected chi connectivity index (χ1v) is 9.60. The van der Waals surface area contributed by atoms with Crippen LogP contribution in [0.4, 0.5) is 5.69 Å². The molecule has 2 aromatic carbocycles. The average Bonchev–Trinajstić information content (AvgIpc) is 3.15. The first-order valence-electron chi connectivity index (χ1n) is 8.44. The van der Waals surface area contributed by atoms with Crippen molar-refractivity contribution in [3.8, 4) is 17.1 Å². The third kappa shape index (κ3) is 5.84. The predicted molar refractivity (Wildman–Crippen MR) is 121 cm³/mol. The van der Waals surface area contributed by atoms with E-state index in [0.717, 1.165) is 5.56 Å². The van der Waals surface area contributed by atoms with Gasteiger partial charge in [-0.2, -0.15) is 0 Å². The number of halogens is 2. The average molecular weight is 447 g/mol. The zero-order chi connectivity index (χ0) is 20.8. The fourth-order valence-corrected chi connectivity index (χ4v) is 3.24. The van der Waals surface area contributed by atoms with Crippen molar-refractivity contribution in [3.05, 3.63) is 76.5 Å². The van der Waals surface area contributed by atoms with Gasteiger partial charge in [-0.3, -0.25) is 10.1 Å². The van der Waals surface area contributed by atoms with E-state index in [4.69, 9.17) is 44.6 Å². The molecule has 1 heterocycles. The van der Waals surface area contributed by atoms with Gasteiger partial charge in [-0.1, -0.05) is 35.3 Å². The Labute approximate surface area is 183 Å². The van der Waals surface area contributed by atoms with Crippen molar-refractivity contribution >= 4 is 58.2 Å². The van der Waals surface area contributed by atoms with E-state index in [1.54, 1.807) is 49.6 Å². The lowest BCUT2D eigenvalue weighted by Gasteiger charge is -2.11. The van der Waals surface area contributed by atoms with Gasteiger partial charge in [0, 0.05) is 21.7 Å². The van der Waals surface area contributed by atoms with E-state index < -0.39 is 5.91 Å². The number of carbonyl (C=O) groups excluding carboxylic acids is 1. The van der Waals surface area contributed by atoms with Crippen LogP contribution in [0.5, 0.6) is 5.75 Å². The Morgan fingerprint density at radius 2 is 1.83 bits per heavy atom. The highest BCUT2D eigenvalue weighted by molar-refractivity contribution is 7.80. The number of amides is 1. The van der Waals surface area contributed by atoms with Gasteiger partial charge in [0.25, 0.3) is 0 Å². The number of nitrogens with one attached hydrogen (secondary N) is 2. The lowest BCUT2D eigenvalue weighted by Crippen LogP contribution is -2.32. The molecule has 1 aromatic heterocycles. The van der Waals surface area contributed by atoms with Crippen LogP contribution in [0.1, 0.15) is 5.76 Å². The second-order valence-electron chi connectivity index (χ2n) is 5.84. The molecule has 0 unspecified atom stereocenters. The Bertz CT molecular complexity index is 1060. The molecule has 0 aliphatic heterocycles. The minimum atomic E-state index is -0.402. The number of hydrogen-bond donors (Lipinski definition) is 2. The third-order valence-electron chi connectivity index (χ3n) is 3.76. The number of para-hydroxylation sites is 2. The van der Waals surface area contributed by atoms with E-state index in [1.165, 1.54) is 12.2 Å². The highest BCUT2D eigenvalue weighted by atomic mass is 35.5. The number of furan rings is 1. The fourth-order valence-electron chi connectivity index (χ4n) is 2.51. The second kappa shape index (κ2) is 9.60. The van der Waals surface area contributed by atoms with Crippen LogP contribution in [0.3, 0.4) is 0 Å². The number of hydrogen-bond acceptors (Lipinski definition) is 4. The smallest absolute Gasteiger partial charge is 0.250 e. The SMILES string of the molecule is COc1ccccc1NC(=S)NC(=O)/C=C/c1ccc(-c2cc(Cl)cc(Cl)c2)o1. The molecule has 3 aromatic rings. The van der Waals surface area contributed by atoms with Gasteiger partial charge in [-0.25, -0.2) is 0 Å². The monoisotopic (exact) mass is 446 g/mol. The number of anilines is 1. The molecule has 0 saturated heterocycles. The number of methoxy groups -OCH3 is 1. The summed E-state index contributed by atoms with van der Waals surface area (Å²) in [6, 6.07) is 15.9. The highest BCUT2D eigenvalue weighted by Crippen LogP contribution is 2.29. The van der Waals surface area contributed by atoms with E-state index in [-0.39, 0.29) is 5.11 Å². The molecule has 0 bridgehead atoms. The van der Waals surface area contributed by atoms with Crippen molar-refractivity contribution in [2.24, 2.45) is 0 Å². The molecule has 3 rings (SSSR count). The molecule has 0 saturated carbocycles. The molecule has 2 N–H and O–H groups in total. The van der Waals surface area contributed by atoms with Gasteiger partial charge < -0.3 is 14.5 Å². The van der Waals surface area contributed by atoms with Gasteiger partial charge in [0.15, 0.2) is 5.11 Å². The first kappa shape index (κ1) is 20.9. The number of carbonyl (C=O) groups is 1. The first-order chi connectivity index (χ1) is 13.9. The summed E-state index contributed by atoms with van der Waals surface area (Å²) in [7, 11) is 1.56. The molecule has 148 valence electrons. The van der Waals surface area contributed by atoms with Crippen LogP contribution in [0, 0.1) is 0 Å². The normalized spacial score (nSPS) is 10.7. The minimum Gasteiger partial charge on any atom is -0.495 e. The maximum atomic E-state index is 12.1. The standard InChI is InChI=1S/C21H16Cl2N2O3S/c1-27-19-5-3-2-4-17(19)24-21(29)25-20(26)9-7-16-6-8-18(28-16)13-10-14(22)12-15(23)11-13/h2-12H,1H3,(H2,24,25,26,29)/b9-7+. The second-order valence-corrected chi connectivity index (χ2v) is 7.12. The molecule has 0 radical (unpaired) electrons. The number of benzene rings is 2. The van der Waals surface area contributed by atoms with Crippen molar-refractivity contribution < 1.29 is 13.9 Å². The summed E-state index contributed by atoms with van der Waals surface area (Å²) in [5.74, 6) is 1.29. The van der Waals surface area contributed by atoms with Crippen molar-refractivity contribution in [1.82, 2.24) is 5.32 Å². The molecular formula is C21H16Cl2N2O3S. The van der Waals surface area contributed by atoms with Crippen molar-refractivity contribution in [1.29, 1.82) is 0 Å². The summed E-state index contributed by atoms with van der Waals surface area (Å²) in [5, 5.41) is 6.66. The van der Waals surface area contributed by atoms with Gasteiger partial charge >= 0.3 is 0 Å². The summed E-state index contributed by atoms with van der Waals surface area (Å²) in [5.41, 5.74) is 1.40. The molecule has 0 aliphatic rings. The highest BCUT2D eigenvalue weighted by Gasteiger charge is 2.08. The molecule has 0 atom stereocenters. The Kier molecular flexibility index (Phi) is 6.93. The summed E-state index contributed by atoms with van der Waals surface area (Å²) in [6.45, 7) is 0. The van der Waals surface area contributed by atoms with E-state index >= 15 is 0 Å². The molecule has 0 aliphatic carbocycles. The number of thiocarbonyl (C=S) groups is 1. The van der Waals surface area contributed by atoms with Crippen LogP contribution in [0.2, 0.25) is 10.0 Å². The Balaban J connectivity index is 1.61. The van der Waals surface area contributed by atoms with Crippen LogP contribution in [-0.4, -0.2) is 18.1 Å².